The summed E-state index contributed by atoms with van der Waals surface area (Å²) < 4.78 is 0. The molecule has 0 heterocycles. The van der Waals surface area contributed by atoms with Crippen molar-refractivity contribution < 1.29 is 4.79 Å². The molecule has 5 heteroatoms. The zero-order valence-corrected chi connectivity index (χ0v) is 12.6. The number of carbonyl (C=O) groups excluding carboxylic acids is 1. The van der Waals surface area contributed by atoms with Gasteiger partial charge in [-0.2, -0.15) is 0 Å². The molecule has 0 saturated carbocycles. The summed E-state index contributed by atoms with van der Waals surface area (Å²) in [6.45, 7) is 3.73. The zero-order valence-electron chi connectivity index (χ0n) is 11.1. The fourth-order valence-corrected chi connectivity index (χ4v) is 2.28. The largest absolute Gasteiger partial charge is 0.398 e. The third kappa shape index (κ3) is 2.89. The molecule has 0 saturated heterocycles. The van der Waals surface area contributed by atoms with Gasteiger partial charge < -0.3 is 11.1 Å². The Morgan fingerprint density at radius 2 is 1.85 bits per heavy atom. The molecule has 0 aliphatic rings. The Labute approximate surface area is 127 Å². The third-order valence-electron chi connectivity index (χ3n) is 2.98. The van der Waals surface area contributed by atoms with E-state index in [1.165, 1.54) is 0 Å². The fraction of sp³-hybridized carbons (Fsp3) is 0.133. The first-order chi connectivity index (χ1) is 9.40. The molecule has 3 nitrogen and oxygen atoms in total. The predicted molar refractivity (Wildman–Crippen MR) is 84.7 cm³/mol. The molecule has 0 aliphatic heterocycles. The second-order valence-electron chi connectivity index (χ2n) is 4.60. The Balaban J connectivity index is 2.38. The van der Waals surface area contributed by atoms with Gasteiger partial charge in [-0.15, -0.1) is 0 Å². The van der Waals surface area contributed by atoms with E-state index in [0.717, 1.165) is 11.1 Å². The summed E-state index contributed by atoms with van der Waals surface area (Å²) in [5, 5.41) is 3.54. The van der Waals surface area contributed by atoms with Gasteiger partial charge in [-0.1, -0.05) is 40.9 Å². The molecular weight excluding hydrogens is 295 g/mol. The SMILES string of the molecule is Cc1ccc(N)c(C(=O)Nc2c(Cl)ccc(C)c2Cl)c1. The van der Waals surface area contributed by atoms with Gasteiger partial charge in [0.1, 0.15) is 0 Å². The number of halogens is 2. The highest BCUT2D eigenvalue weighted by Crippen LogP contribution is 2.33. The molecular formula is C15H14Cl2N2O. The topological polar surface area (TPSA) is 55.1 Å². The number of carbonyl (C=O) groups is 1. The molecule has 20 heavy (non-hydrogen) atoms. The molecule has 0 unspecified atom stereocenters. The first kappa shape index (κ1) is 14.7. The highest BCUT2D eigenvalue weighted by atomic mass is 35.5. The van der Waals surface area contributed by atoms with Gasteiger partial charge in [0.2, 0.25) is 0 Å². The molecule has 3 N–H and O–H groups in total. The first-order valence-corrected chi connectivity index (χ1v) is 6.78. The molecule has 1 amide bonds. The van der Waals surface area contributed by atoms with E-state index in [4.69, 9.17) is 28.9 Å². The van der Waals surface area contributed by atoms with Crippen molar-refractivity contribution >= 4 is 40.5 Å². The lowest BCUT2D eigenvalue weighted by atomic mass is 10.1. The molecule has 2 rings (SSSR count). The average molecular weight is 309 g/mol. The Bertz CT molecular complexity index is 684. The van der Waals surface area contributed by atoms with E-state index < -0.39 is 0 Å². The van der Waals surface area contributed by atoms with Crippen molar-refractivity contribution in [2.24, 2.45) is 0 Å². The van der Waals surface area contributed by atoms with Crippen LogP contribution in [-0.4, -0.2) is 5.91 Å². The third-order valence-corrected chi connectivity index (χ3v) is 3.78. The van der Waals surface area contributed by atoms with Crippen LogP contribution in [0.5, 0.6) is 0 Å². The summed E-state index contributed by atoms with van der Waals surface area (Å²) in [6.07, 6.45) is 0. The number of nitrogens with one attached hydrogen (secondary N) is 1. The Hall–Kier alpha value is -1.71. The van der Waals surface area contributed by atoms with Crippen LogP contribution in [-0.2, 0) is 0 Å². The van der Waals surface area contributed by atoms with Crippen molar-refractivity contribution in [3.05, 3.63) is 57.1 Å². The summed E-state index contributed by atoms with van der Waals surface area (Å²) in [5.41, 5.74) is 8.82. The summed E-state index contributed by atoms with van der Waals surface area (Å²) >= 11 is 12.2. The lowest BCUT2D eigenvalue weighted by Gasteiger charge is -2.12. The van der Waals surface area contributed by atoms with E-state index in [9.17, 15) is 4.79 Å². The Morgan fingerprint density at radius 1 is 1.15 bits per heavy atom. The number of aryl methyl sites for hydroxylation is 2. The molecule has 2 aromatic carbocycles. The highest BCUT2D eigenvalue weighted by Gasteiger charge is 2.15. The molecule has 104 valence electrons. The zero-order chi connectivity index (χ0) is 14.9. The lowest BCUT2D eigenvalue weighted by molar-refractivity contribution is 0.102. The van der Waals surface area contributed by atoms with Crippen LogP contribution in [0, 0.1) is 13.8 Å². The lowest BCUT2D eigenvalue weighted by Crippen LogP contribution is -2.15. The minimum atomic E-state index is -0.333. The van der Waals surface area contributed by atoms with Crippen molar-refractivity contribution in [2.45, 2.75) is 13.8 Å². The van der Waals surface area contributed by atoms with E-state index in [0.29, 0.717) is 27.0 Å². The van der Waals surface area contributed by atoms with Crippen LogP contribution in [0.4, 0.5) is 11.4 Å². The van der Waals surface area contributed by atoms with E-state index in [2.05, 4.69) is 5.32 Å². The number of anilines is 2. The first-order valence-electron chi connectivity index (χ1n) is 6.02. The second-order valence-corrected chi connectivity index (χ2v) is 5.38. The van der Waals surface area contributed by atoms with Crippen molar-refractivity contribution in [1.82, 2.24) is 0 Å². The van der Waals surface area contributed by atoms with Gasteiger partial charge in [0, 0.05) is 5.69 Å². The molecule has 0 radical (unpaired) electrons. The molecule has 0 aliphatic carbocycles. The maximum atomic E-state index is 12.3. The molecule has 0 aromatic heterocycles. The van der Waals surface area contributed by atoms with Crippen LogP contribution in [0.1, 0.15) is 21.5 Å². The van der Waals surface area contributed by atoms with Crippen molar-refractivity contribution in [3.63, 3.8) is 0 Å². The highest BCUT2D eigenvalue weighted by molar-refractivity contribution is 6.40. The molecule has 0 atom stereocenters. The molecule has 0 spiro atoms. The number of amides is 1. The number of rotatable bonds is 2. The number of nitrogens with two attached hydrogens (primary N) is 1. The summed E-state index contributed by atoms with van der Waals surface area (Å²) in [6, 6.07) is 8.75. The van der Waals surface area contributed by atoms with Gasteiger partial charge in [-0.3, -0.25) is 4.79 Å². The van der Waals surface area contributed by atoms with Gasteiger partial charge in [-0.25, -0.2) is 0 Å². The number of hydrogen-bond acceptors (Lipinski definition) is 2. The standard InChI is InChI=1S/C15H14Cl2N2O/c1-8-3-6-12(18)10(7-8)15(20)19-14-11(16)5-4-9(2)13(14)17/h3-7H,18H2,1-2H3,(H,19,20). The van der Waals surface area contributed by atoms with Gasteiger partial charge in [-0.05, 0) is 37.6 Å². The maximum absolute atomic E-state index is 12.3. The van der Waals surface area contributed by atoms with Crippen LogP contribution >= 0.6 is 23.2 Å². The van der Waals surface area contributed by atoms with Crippen molar-refractivity contribution in [3.8, 4) is 0 Å². The quantitative estimate of drug-likeness (QED) is 0.806. The van der Waals surface area contributed by atoms with Gasteiger partial charge in [0.05, 0.1) is 21.3 Å². The van der Waals surface area contributed by atoms with Crippen LogP contribution < -0.4 is 11.1 Å². The van der Waals surface area contributed by atoms with Gasteiger partial charge in [0.15, 0.2) is 0 Å². The number of nitrogen functional groups attached to an aromatic ring is 1. The summed E-state index contributed by atoms with van der Waals surface area (Å²) in [7, 11) is 0. The minimum absolute atomic E-state index is 0.333. The summed E-state index contributed by atoms with van der Waals surface area (Å²) in [5.74, 6) is -0.333. The monoisotopic (exact) mass is 308 g/mol. The minimum Gasteiger partial charge on any atom is -0.398 e. The number of hydrogen-bond donors (Lipinski definition) is 2. The second kappa shape index (κ2) is 5.73. The van der Waals surface area contributed by atoms with E-state index >= 15 is 0 Å². The maximum Gasteiger partial charge on any atom is 0.257 e. The van der Waals surface area contributed by atoms with Crippen LogP contribution in [0.2, 0.25) is 10.0 Å². The smallest absolute Gasteiger partial charge is 0.257 e. The fourth-order valence-electron chi connectivity index (χ4n) is 1.82. The van der Waals surface area contributed by atoms with Gasteiger partial charge >= 0.3 is 0 Å². The average Bonchev–Trinajstić information content (AvgIpc) is 2.41. The number of benzene rings is 2. The van der Waals surface area contributed by atoms with Crippen LogP contribution in [0.3, 0.4) is 0 Å². The molecule has 2 aromatic rings. The van der Waals surface area contributed by atoms with Crippen LogP contribution in [0.15, 0.2) is 30.3 Å². The van der Waals surface area contributed by atoms with E-state index in [1.54, 1.807) is 24.3 Å². The molecule has 0 bridgehead atoms. The predicted octanol–water partition coefficient (Wildman–Crippen LogP) is 4.44. The van der Waals surface area contributed by atoms with Gasteiger partial charge in [0.25, 0.3) is 5.91 Å². The van der Waals surface area contributed by atoms with E-state index in [1.807, 2.05) is 19.9 Å². The normalized spacial score (nSPS) is 10.4. The van der Waals surface area contributed by atoms with Crippen LogP contribution in [0.25, 0.3) is 0 Å². The Kier molecular flexibility index (Phi) is 4.21. The van der Waals surface area contributed by atoms with Crippen molar-refractivity contribution in [1.29, 1.82) is 0 Å². The Morgan fingerprint density at radius 3 is 2.55 bits per heavy atom. The van der Waals surface area contributed by atoms with E-state index in [-0.39, 0.29) is 5.91 Å². The summed E-state index contributed by atoms with van der Waals surface area (Å²) in [4.78, 5) is 12.3. The molecule has 0 fully saturated rings. The van der Waals surface area contributed by atoms with Crippen molar-refractivity contribution in [2.75, 3.05) is 11.1 Å².